The maximum absolute atomic E-state index is 5.97. The molecule has 1 aromatic carbocycles. The van der Waals surface area contributed by atoms with E-state index in [0.717, 1.165) is 17.8 Å². The Hall–Kier alpha value is -1.29. The lowest BCUT2D eigenvalue weighted by atomic mass is 10.2. The summed E-state index contributed by atoms with van der Waals surface area (Å²) in [6.07, 6.45) is 0. The van der Waals surface area contributed by atoms with Gasteiger partial charge in [0.15, 0.2) is 0 Å². The molecule has 0 aliphatic heterocycles. The highest BCUT2D eigenvalue weighted by molar-refractivity contribution is 6.34. The number of aromatic nitrogens is 1. The van der Waals surface area contributed by atoms with Gasteiger partial charge in [-0.05, 0) is 36.8 Å². The summed E-state index contributed by atoms with van der Waals surface area (Å²) in [5.74, 6) is 1.11. The van der Waals surface area contributed by atoms with Crippen LogP contribution in [-0.4, -0.2) is 11.0 Å². The topological polar surface area (TPSA) is 34.1 Å². The van der Waals surface area contributed by atoms with Crippen molar-refractivity contribution in [2.75, 3.05) is 0 Å². The summed E-state index contributed by atoms with van der Waals surface area (Å²) in [4.78, 5) is 4.38. The average molecular weight is 325 g/mol. The van der Waals surface area contributed by atoms with E-state index in [0.29, 0.717) is 27.7 Å². The normalized spacial score (nSPS) is 11.0. The molecule has 2 rings (SSSR count). The zero-order valence-corrected chi connectivity index (χ0v) is 13.8. The predicted molar refractivity (Wildman–Crippen MR) is 87.5 cm³/mol. The highest BCUT2D eigenvalue weighted by Gasteiger charge is 2.05. The van der Waals surface area contributed by atoms with Crippen molar-refractivity contribution in [3.8, 4) is 11.6 Å². The summed E-state index contributed by atoms with van der Waals surface area (Å²) < 4.78 is 5.76. The molecule has 3 nitrogen and oxygen atoms in total. The highest BCUT2D eigenvalue weighted by atomic mass is 35.5. The van der Waals surface area contributed by atoms with Gasteiger partial charge < -0.3 is 10.1 Å². The number of ether oxygens (including phenoxy) is 1. The molecule has 0 bridgehead atoms. The molecule has 0 unspecified atom stereocenters. The lowest BCUT2D eigenvalue weighted by Crippen LogP contribution is -2.21. The smallest absolute Gasteiger partial charge is 0.219 e. The third kappa shape index (κ3) is 5.20. The second kappa shape index (κ2) is 7.12. The van der Waals surface area contributed by atoms with Crippen LogP contribution in [0.1, 0.15) is 25.1 Å². The summed E-state index contributed by atoms with van der Waals surface area (Å²) >= 11 is 11.9. The molecule has 0 amide bonds. The fourth-order valence-corrected chi connectivity index (χ4v) is 2.40. The molecule has 112 valence electrons. The maximum Gasteiger partial charge on any atom is 0.219 e. The lowest BCUT2D eigenvalue weighted by molar-refractivity contribution is 0.460. The molecule has 0 atom stereocenters. The van der Waals surface area contributed by atoms with Crippen LogP contribution in [0.4, 0.5) is 0 Å². The van der Waals surface area contributed by atoms with Gasteiger partial charge in [0.05, 0.1) is 0 Å². The van der Waals surface area contributed by atoms with E-state index in [2.05, 4.69) is 24.1 Å². The molecular weight excluding hydrogens is 307 g/mol. The van der Waals surface area contributed by atoms with E-state index < -0.39 is 0 Å². The predicted octanol–water partition coefficient (Wildman–Crippen LogP) is 4.99. The monoisotopic (exact) mass is 324 g/mol. The van der Waals surface area contributed by atoms with Gasteiger partial charge in [-0.2, -0.15) is 0 Å². The SMILES string of the molecule is Cc1cc(CNC(C)C)cc(Oc2cc(Cl)cc(Cl)c2)n1. The zero-order valence-electron chi connectivity index (χ0n) is 12.3. The second-order valence-corrected chi connectivity index (χ2v) is 6.07. The third-order valence-electron chi connectivity index (χ3n) is 2.76. The number of nitrogens with one attached hydrogen (secondary N) is 1. The molecule has 0 radical (unpaired) electrons. The molecule has 0 saturated carbocycles. The van der Waals surface area contributed by atoms with Crippen LogP contribution in [0.2, 0.25) is 10.0 Å². The Kier molecular flexibility index (Phi) is 5.45. The highest BCUT2D eigenvalue weighted by Crippen LogP contribution is 2.28. The van der Waals surface area contributed by atoms with Crippen molar-refractivity contribution in [1.29, 1.82) is 0 Å². The van der Waals surface area contributed by atoms with Crippen LogP contribution in [-0.2, 0) is 6.54 Å². The van der Waals surface area contributed by atoms with Crippen molar-refractivity contribution in [3.63, 3.8) is 0 Å². The molecule has 5 heteroatoms. The van der Waals surface area contributed by atoms with Crippen molar-refractivity contribution in [1.82, 2.24) is 10.3 Å². The first-order valence-corrected chi connectivity index (χ1v) is 7.53. The van der Waals surface area contributed by atoms with E-state index in [1.54, 1.807) is 18.2 Å². The molecule has 0 saturated heterocycles. The van der Waals surface area contributed by atoms with Crippen LogP contribution in [0.25, 0.3) is 0 Å². The van der Waals surface area contributed by atoms with Gasteiger partial charge in [0.2, 0.25) is 5.88 Å². The first kappa shape index (κ1) is 16.1. The van der Waals surface area contributed by atoms with Gasteiger partial charge in [0.1, 0.15) is 5.75 Å². The minimum absolute atomic E-state index is 0.426. The summed E-state index contributed by atoms with van der Waals surface area (Å²) in [6, 6.07) is 9.46. The Labute approximate surface area is 135 Å². The lowest BCUT2D eigenvalue weighted by Gasteiger charge is -2.11. The van der Waals surface area contributed by atoms with Crippen molar-refractivity contribution in [3.05, 3.63) is 51.6 Å². The standard InChI is InChI=1S/C16H18Cl2N2O/c1-10(2)19-9-12-4-11(3)20-16(5-12)21-15-7-13(17)6-14(18)8-15/h4-8,10,19H,9H2,1-3H3. The Morgan fingerprint density at radius 3 is 2.38 bits per heavy atom. The Morgan fingerprint density at radius 1 is 1.10 bits per heavy atom. The number of rotatable bonds is 5. The summed E-state index contributed by atoms with van der Waals surface area (Å²) in [5, 5.41) is 4.44. The van der Waals surface area contributed by atoms with Crippen molar-refractivity contribution in [2.24, 2.45) is 0 Å². The molecule has 0 aliphatic carbocycles. The van der Waals surface area contributed by atoms with E-state index in [9.17, 15) is 0 Å². The van der Waals surface area contributed by atoms with Crippen LogP contribution in [0, 0.1) is 6.92 Å². The van der Waals surface area contributed by atoms with Gasteiger partial charge in [-0.25, -0.2) is 4.98 Å². The molecule has 1 heterocycles. The van der Waals surface area contributed by atoms with Gasteiger partial charge in [0.25, 0.3) is 0 Å². The van der Waals surface area contributed by atoms with E-state index in [-0.39, 0.29) is 0 Å². The molecule has 0 fully saturated rings. The van der Waals surface area contributed by atoms with Crippen molar-refractivity contribution < 1.29 is 4.74 Å². The number of halogens is 2. The van der Waals surface area contributed by atoms with Crippen molar-refractivity contribution in [2.45, 2.75) is 33.4 Å². The Bertz CT molecular complexity index is 609. The molecular formula is C16H18Cl2N2O. The molecule has 1 aromatic heterocycles. The van der Waals surface area contributed by atoms with Crippen LogP contribution in [0.5, 0.6) is 11.6 Å². The molecule has 2 aromatic rings. The number of hydrogen-bond donors (Lipinski definition) is 1. The van der Waals surface area contributed by atoms with E-state index in [4.69, 9.17) is 27.9 Å². The van der Waals surface area contributed by atoms with Crippen LogP contribution >= 0.6 is 23.2 Å². The Balaban J connectivity index is 2.19. The number of aryl methyl sites for hydroxylation is 1. The number of benzene rings is 1. The quantitative estimate of drug-likeness (QED) is 0.841. The number of pyridine rings is 1. The van der Waals surface area contributed by atoms with E-state index >= 15 is 0 Å². The second-order valence-electron chi connectivity index (χ2n) is 5.20. The molecule has 1 N–H and O–H groups in total. The van der Waals surface area contributed by atoms with Crippen LogP contribution in [0.3, 0.4) is 0 Å². The van der Waals surface area contributed by atoms with E-state index in [1.165, 1.54) is 0 Å². The zero-order chi connectivity index (χ0) is 15.4. The summed E-state index contributed by atoms with van der Waals surface area (Å²) in [6.45, 7) is 6.93. The largest absolute Gasteiger partial charge is 0.439 e. The van der Waals surface area contributed by atoms with Crippen molar-refractivity contribution >= 4 is 23.2 Å². The van der Waals surface area contributed by atoms with Gasteiger partial charge >= 0.3 is 0 Å². The third-order valence-corrected chi connectivity index (χ3v) is 3.20. The number of hydrogen-bond acceptors (Lipinski definition) is 3. The van der Waals surface area contributed by atoms with Gasteiger partial charge in [-0.1, -0.05) is 37.0 Å². The fourth-order valence-electron chi connectivity index (χ4n) is 1.89. The molecule has 21 heavy (non-hydrogen) atoms. The van der Waals surface area contributed by atoms with Gasteiger partial charge in [-0.15, -0.1) is 0 Å². The maximum atomic E-state index is 5.97. The fraction of sp³-hybridized carbons (Fsp3) is 0.312. The minimum Gasteiger partial charge on any atom is -0.439 e. The van der Waals surface area contributed by atoms with Gasteiger partial charge in [-0.3, -0.25) is 0 Å². The average Bonchev–Trinajstić information content (AvgIpc) is 2.34. The van der Waals surface area contributed by atoms with Gasteiger partial charge in [0, 0.05) is 34.4 Å². The summed E-state index contributed by atoms with van der Waals surface area (Å²) in [7, 11) is 0. The minimum atomic E-state index is 0.426. The summed E-state index contributed by atoms with van der Waals surface area (Å²) in [5.41, 5.74) is 2.03. The van der Waals surface area contributed by atoms with Crippen LogP contribution < -0.4 is 10.1 Å². The first-order valence-electron chi connectivity index (χ1n) is 6.77. The number of nitrogens with zero attached hydrogens (tertiary/aromatic N) is 1. The van der Waals surface area contributed by atoms with E-state index in [1.807, 2.05) is 19.1 Å². The molecule has 0 aliphatic rings. The molecule has 0 spiro atoms. The van der Waals surface area contributed by atoms with Crippen LogP contribution in [0.15, 0.2) is 30.3 Å². The Morgan fingerprint density at radius 2 is 1.76 bits per heavy atom. The first-order chi connectivity index (χ1) is 9.92.